The van der Waals surface area contributed by atoms with Crippen LogP contribution in [0, 0.1) is 16.7 Å². The highest BCUT2D eigenvalue weighted by Crippen LogP contribution is 2.40. The third-order valence-corrected chi connectivity index (χ3v) is 8.67. The number of rotatable bonds is 13. The Hall–Kier alpha value is -2.44. The van der Waals surface area contributed by atoms with Crippen LogP contribution in [0.15, 0.2) is 87.5 Å². The maximum Gasteiger partial charge on any atom is 0.311 e. The monoisotopic (exact) mass is 552 g/mol. The largest absolute Gasteiger partial charge is 0.465 e. The molecule has 0 radical (unpaired) electrons. The predicted octanol–water partition coefficient (Wildman–Crippen LogP) is 8.47. The van der Waals surface area contributed by atoms with Crippen LogP contribution in [0.1, 0.15) is 59.4 Å². The molecular weight excluding hydrogens is 512 g/mol. The molecule has 0 saturated carbocycles. The Labute approximate surface area is 236 Å². The van der Waals surface area contributed by atoms with Crippen molar-refractivity contribution in [2.45, 2.75) is 70.3 Å². The standard InChI is InChI=1S/C32H40O4S2/c1-6-10-29(33)35-23-25-13-14-28(21-32(25,4)5)38-27-17-15-26(16-18-27)37-20-19-31(2,3)30(34)36-22-24-11-8-7-9-12-24/h7-9,11-18,21,25H,6,10,19-20,22-23H2,1-5H3. The first kappa shape index (κ1) is 30.1. The van der Waals surface area contributed by atoms with Crippen molar-refractivity contribution >= 4 is 35.5 Å². The van der Waals surface area contributed by atoms with Gasteiger partial charge in [0.05, 0.1) is 12.0 Å². The summed E-state index contributed by atoms with van der Waals surface area (Å²) in [5, 5.41) is 0. The van der Waals surface area contributed by atoms with Crippen LogP contribution in [0.2, 0.25) is 0 Å². The quantitative estimate of drug-likeness (QED) is 0.183. The summed E-state index contributed by atoms with van der Waals surface area (Å²) in [5.74, 6) is 0.732. The first-order chi connectivity index (χ1) is 18.1. The third kappa shape index (κ3) is 9.39. The van der Waals surface area contributed by atoms with Crippen LogP contribution >= 0.6 is 23.5 Å². The van der Waals surface area contributed by atoms with Crippen LogP contribution in [-0.2, 0) is 25.7 Å². The highest BCUT2D eigenvalue weighted by atomic mass is 32.2. The van der Waals surface area contributed by atoms with Crippen molar-refractivity contribution in [1.29, 1.82) is 0 Å². The summed E-state index contributed by atoms with van der Waals surface area (Å²) < 4.78 is 11.0. The van der Waals surface area contributed by atoms with Gasteiger partial charge in [-0.15, -0.1) is 11.8 Å². The van der Waals surface area contributed by atoms with Crippen molar-refractivity contribution in [2.24, 2.45) is 16.7 Å². The summed E-state index contributed by atoms with van der Waals surface area (Å²) in [7, 11) is 0. The van der Waals surface area contributed by atoms with E-state index in [1.54, 1.807) is 23.5 Å². The average molecular weight is 553 g/mol. The molecule has 0 heterocycles. The van der Waals surface area contributed by atoms with Crippen molar-refractivity contribution < 1.29 is 19.1 Å². The Morgan fingerprint density at radius 2 is 1.66 bits per heavy atom. The number of hydrogen-bond donors (Lipinski definition) is 0. The molecule has 0 aromatic heterocycles. The number of thioether (sulfide) groups is 2. The lowest BCUT2D eigenvalue weighted by molar-refractivity contribution is -0.155. The van der Waals surface area contributed by atoms with Gasteiger partial charge in [-0.05, 0) is 67.7 Å². The molecule has 0 saturated heterocycles. The fourth-order valence-corrected chi connectivity index (χ4v) is 6.19. The fraction of sp³-hybridized carbons (Fsp3) is 0.438. The van der Waals surface area contributed by atoms with Gasteiger partial charge in [0.1, 0.15) is 6.61 Å². The lowest BCUT2D eigenvalue weighted by Gasteiger charge is -2.32. The van der Waals surface area contributed by atoms with Crippen molar-refractivity contribution in [2.75, 3.05) is 12.4 Å². The van der Waals surface area contributed by atoms with Gasteiger partial charge in [-0.25, -0.2) is 0 Å². The highest BCUT2D eigenvalue weighted by Gasteiger charge is 2.30. The molecule has 1 atom stereocenters. The lowest BCUT2D eigenvalue weighted by atomic mass is 9.76. The molecule has 204 valence electrons. The lowest BCUT2D eigenvalue weighted by Crippen LogP contribution is -2.28. The van der Waals surface area contributed by atoms with E-state index in [1.165, 1.54) is 14.7 Å². The number of carbonyl (C=O) groups excluding carboxylic acids is 2. The van der Waals surface area contributed by atoms with Gasteiger partial charge in [-0.2, -0.15) is 0 Å². The molecule has 6 heteroatoms. The Kier molecular flexibility index (Phi) is 11.2. The number of ether oxygens (including phenoxy) is 2. The summed E-state index contributed by atoms with van der Waals surface area (Å²) in [4.78, 5) is 27.9. The Bertz CT molecular complexity index is 1120. The molecule has 0 bridgehead atoms. The maximum absolute atomic E-state index is 12.6. The van der Waals surface area contributed by atoms with Gasteiger partial charge in [0, 0.05) is 27.0 Å². The second-order valence-corrected chi connectivity index (χ2v) is 13.2. The Morgan fingerprint density at radius 3 is 2.32 bits per heavy atom. The van der Waals surface area contributed by atoms with Crippen molar-refractivity contribution in [3.05, 3.63) is 83.3 Å². The van der Waals surface area contributed by atoms with Crippen LogP contribution in [0.25, 0.3) is 0 Å². The minimum atomic E-state index is -0.531. The SMILES string of the molecule is CCCC(=O)OCC1C=CC(Sc2ccc(SCCC(C)(C)C(=O)OCc3ccccc3)cc2)=CC1(C)C. The Morgan fingerprint density at radius 1 is 0.974 bits per heavy atom. The average Bonchev–Trinajstić information content (AvgIpc) is 2.88. The smallest absolute Gasteiger partial charge is 0.311 e. The minimum absolute atomic E-state index is 0.0889. The van der Waals surface area contributed by atoms with Gasteiger partial charge < -0.3 is 9.47 Å². The van der Waals surface area contributed by atoms with E-state index in [-0.39, 0.29) is 23.3 Å². The predicted molar refractivity (Wildman–Crippen MR) is 158 cm³/mol. The zero-order valence-electron chi connectivity index (χ0n) is 23.2. The number of hydrogen-bond acceptors (Lipinski definition) is 6. The molecule has 0 spiro atoms. The third-order valence-electron chi connectivity index (χ3n) is 6.66. The van der Waals surface area contributed by atoms with Gasteiger partial charge in [0.2, 0.25) is 0 Å². The molecule has 1 aliphatic carbocycles. The van der Waals surface area contributed by atoms with E-state index in [9.17, 15) is 9.59 Å². The topological polar surface area (TPSA) is 52.6 Å². The summed E-state index contributed by atoms with van der Waals surface area (Å²) in [5.41, 5.74) is 0.380. The number of allylic oxidation sites excluding steroid dienone is 2. The molecule has 2 aromatic rings. The van der Waals surface area contributed by atoms with Gasteiger partial charge in [0.25, 0.3) is 0 Å². The van der Waals surface area contributed by atoms with E-state index >= 15 is 0 Å². The summed E-state index contributed by atoms with van der Waals surface area (Å²) in [6.07, 6.45) is 8.60. The molecule has 1 unspecified atom stereocenters. The first-order valence-corrected chi connectivity index (χ1v) is 15.1. The van der Waals surface area contributed by atoms with E-state index in [0.29, 0.717) is 19.6 Å². The molecule has 3 rings (SSSR count). The summed E-state index contributed by atoms with van der Waals surface area (Å²) >= 11 is 3.50. The summed E-state index contributed by atoms with van der Waals surface area (Å²) in [6.45, 7) is 11.0. The molecule has 0 N–H and O–H groups in total. The van der Waals surface area contributed by atoms with E-state index < -0.39 is 5.41 Å². The second kappa shape index (κ2) is 14.1. The van der Waals surface area contributed by atoms with Crippen molar-refractivity contribution in [1.82, 2.24) is 0 Å². The zero-order valence-corrected chi connectivity index (χ0v) is 24.8. The molecule has 0 aliphatic heterocycles. The van der Waals surface area contributed by atoms with Crippen LogP contribution < -0.4 is 0 Å². The number of esters is 2. The Balaban J connectivity index is 1.44. The van der Waals surface area contributed by atoms with E-state index in [2.05, 4.69) is 56.3 Å². The van der Waals surface area contributed by atoms with E-state index in [1.807, 2.05) is 51.1 Å². The van der Waals surface area contributed by atoms with Crippen molar-refractivity contribution in [3.8, 4) is 0 Å². The highest BCUT2D eigenvalue weighted by molar-refractivity contribution is 8.03. The zero-order chi connectivity index (χ0) is 27.6. The number of benzene rings is 2. The van der Waals surface area contributed by atoms with Gasteiger partial charge in [-0.3, -0.25) is 9.59 Å². The molecule has 0 amide bonds. The second-order valence-electron chi connectivity index (χ2n) is 10.9. The molecular formula is C32H40O4S2. The van der Waals surface area contributed by atoms with Gasteiger partial charge >= 0.3 is 11.9 Å². The molecule has 2 aromatic carbocycles. The van der Waals surface area contributed by atoms with E-state index in [0.717, 1.165) is 24.2 Å². The molecule has 4 nitrogen and oxygen atoms in total. The van der Waals surface area contributed by atoms with Crippen LogP contribution in [0.5, 0.6) is 0 Å². The molecule has 38 heavy (non-hydrogen) atoms. The number of carbonyl (C=O) groups is 2. The van der Waals surface area contributed by atoms with Gasteiger partial charge in [0.15, 0.2) is 0 Å². The van der Waals surface area contributed by atoms with E-state index in [4.69, 9.17) is 9.47 Å². The summed E-state index contributed by atoms with van der Waals surface area (Å²) in [6, 6.07) is 18.3. The fourth-order valence-electron chi connectivity index (χ4n) is 3.96. The van der Waals surface area contributed by atoms with Gasteiger partial charge in [-0.1, -0.05) is 81.1 Å². The molecule has 0 fully saturated rings. The maximum atomic E-state index is 12.6. The first-order valence-electron chi connectivity index (χ1n) is 13.3. The minimum Gasteiger partial charge on any atom is -0.465 e. The van der Waals surface area contributed by atoms with Crippen LogP contribution in [0.3, 0.4) is 0 Å². The van der Waals surface area contributed by atoms with Crippen LogP contribution in [0.4, 0.5) is 0 Å². The normalized spacial score (nSPS) is 16.6. The van der Waals surface area contributed by atoms with Crippen LogP contribution in [-0.4, -0.2) is 24.3 Å². The molecule has 1 aliphatic rings. The van der Waals surface area contributed by atoms with Crippen molar-refractivity contribution in [3.63, 3.8) is 0 Å².